The van der Waals surface area contributed by atoms with Crippen molar-refractivity contribution in [1.29, 1.82) is 0 Å². The number of carboxylic acids is 1. The molecule has 260 valence electrons. The van der Waals surface area contributed by atoms with Crippen LogP contribution < -0.4 is 10.2 Å². The van der Waals surface area contributed by atoms with Gasteiger partial charge in [0, 0.05) is 17.7 Å². The lowest BCUT2D eigenvalue weighted by Gasteiger charge is -2.45. The molecule has 0 radical (unpaired) electrons. The van der Waals surface area contributed by atoms with Gasteiger partial charge < -0.3 is 74.1 Å². The number of hydrogen-bond acceptors (Lipinski definition) is 17. The zero-order valence-electron chi connectivity index (χ0n) is 24.9. The Labute approximate surface area is 269 Å². The van der Waals surface area contributed by atoms with Crippen molar-refractivity contribution in [2.45, 2.75) is 74.8 Å². The lowest BCUT2D eigenvalue weighted by Crippen LogP contribution is -2.64. The molecule has 2 fully saturated rings. The van der Waals surface area contributed by atoms with Gasteiger partial charge in [-0.05, 0) is 31.2 Å². The van der Waals surface area contributed by atoms with Crippen LogP contribution in [0.15, 0.2) is 45.6 Å². The van der Waals surface area contributed by atoms with Gasteiger partial charge in [-0.1, -0.05) is 0 Å². The summed E-state index contributed by atoms with van der Waals surface area (Å²) >= 11 is 0. The number of rotatable bonds is 9. The van der Waals surface area contributed by atoms with Crippen LogP contribution in [-0.4, -0.2) is 126 Å². The van der Waals surface area contributed by atoms with E-state index in [1.807, 2.05) is 0 Å². The summed E-state index contributed by atoms with van der Waals surface area (Å²) in [5.41, 5.74) is -1.20. The minimum Gasteiger partial charge on any atom is -0.508 e. The van der Waals surface area contributed by atoms with Crippen molar-refractivity contribution in [2.24, 2.45) is 0 Å². The smallest absolute Gasteiger partial charge is 0.317 e. The van der Waals surface area contributed by atoms with Crippen molar-refractivity contribution in [1.82, 2.24) is 0 Å². The van der Waals surface area contributed by atoms with Crippen molar-refractivity contribution in [2.75, 3.05) is 6.61 Å². The van der Waals surface area contributed by atoms with Crippen LogP contribution in [0.4, 0.5) is 0 Å². The van der Waals surface area contributed by atoms with Crippen LogP contribution in [0.5, 0.6) is 23.0 Å². The van der Waals surface area contributed by atoms with Gasteiger partial charge in [0.05, 0.1) is 6.10 Å². The highest BCUT2D eigenvalue weighted by atomic mass is 16.8. The molecule has 10 atom stereocenters. The third-order valence-electron chi connectivity index (χ3n) is 7.73. The van der Waals surface area contributed by atoms with Crippen LogP contribution in [0, 0.1) is 0 Å². The molecular formula is C30H32O18. The first kappa shape index (κ1) is 34.8. The quantitative estimate of drug-likeness (QED) is 0.0930. The Balaban J connectivity index is 1.58. The summed E-state index contributed by atoms with van der Waals surface area (Å²) in [4.78, 5) is 36.7. The van der Waals surface area contributed by atoms with E-state index >= 15 is 0 Å². The number of aromatic hydroxyl groups is 3. The zero-order valence-corrected chi connectivity index (χ0v) is 24.9. The Morgan fingerprint density at radius 2 is 1.52 bits per heavy atom. The first-order valence-electron chi connectivity index (χ1n) is 14.4. The van der Waals surface area contributed by atoms with Crippen molar-refractivity contribution in [3.8, 4) is 34.3 Å². The maximum absolute atomic E-state index is 13.9. The van der Waals surface area contributed by atoms with E-state index in [1.165, 1.54) is 31.2 Å². The largest absolute Gasteiger partial charge is 0.508 e. The second kappa shape index (κ2) is 13.9. The van der Waals surface area contributed by atoms with Crippen LogP contribution in [0.3, 0.4) is 0 Å². The summed E-state index contributed by atoms with van der Waals surface area (Å²) in [6.45, 7) is 0.529. The van der Waals surface area contributed by atoms with Crippen molar-refractivity contribution in [3.05, 3.63) is 46.6 Å². The topological polar surface area (TPSA) is 293 Å². The lowest BCUT2D eigenvalue weighted by molar-refractivity contribution is -0.354. The number of aliphatic hydroxyl groups is 5. The van der Waals surface area contributed by atoms with Gasteiger partial charge in [-0.2, -0.15) is 0 Å². The number of carbonyl (C=O) groups is 2. The second-order valence-corrected chi connectivity index (χ2v) is 11.2. The Morgan fingerprint density at radius 1 is 0.833 bits per heavy atom. The summed E-state index contributed by atoms with van der Waals surface area (Å²) in [5, 5.41) is 91.7. The third-order valence-corrected chi connectivity index (χ3v) is 7.73. The predicted octanol–water partition coefficient (Wildman–Crippen LogP) is -1.37. The van der Waals surface area contributed by atoms with Gasteiger partial charge in [0.1, 0.15) is 77.9 Å². The van der Waals surface area contributed by atoms with Gasteiger partial charge in [0.15, 0.2) is 18.2 Å². The van der Waals surface area contributed by atoms with Crippen LogP contribution in [0.2, 0.25) is 0 Å². The monoisotopic (exact) mass is 680 g/mol. The fourth-order valence-corrected chi connectivity index (χ4v) is 5.21. The summed E-state index contributed by atoms with van der Waals surface area (Å²) in [7, 11) is 0. The molecule has 9 N–H and O–H groups in total. The first-order valence-corrected chi connectivity index (χ1v) is 14.4. The standard InChI is InChI=1S/C30H32O18/c1-10-20(37)23(40)25(42)29(44-10)48-28-24(41)21(38)16(9-43-18(36)8-17(34)35)46-30(28)47-27-22(39)19-14(33)6-13(32)7-15(19)45-26(27)11-2-4-12(31)5-3-11/h2-7,10,16,20-21,23-25,28-33,37-38,40-42H,8-9H2,1H3,(H,34,35)/t10-,16-,20-,21-,23+,24+,25-,28-,29+,30+/m0/s1. The van der Waals surface area contributed by atoms with E-state index in [0.717, 1.165) is 12.1 Å². The number of carbonyl (C=O) groups excluding carboxylic acids is 1. The van der Waals surface area contributed by atoms with Gasteiger partial charge in [-0.15, -0.1) is 0 Å². The van der Waals surface area contributed by atoms with Crippen LogP contribution in [0.1, 0.15) is 13.3 Å². The molecule has 48 heavy (non-hydrogen) atoms. The Hall–Kier alpha value is -4.53. The number of hydrogen-bond donors (Lipinski definition) is 9. The van der Waals surface area contributed by atoms with Gasteiger partial charge >= 0.3 is 11.9 Å². The van der Waals surface area contributed by atoms with Crippen molar-refractivity contribution < 1.29 is 83.6 Å². The van der Waals surface area contributed by atoms with Crippen molar-refractivity contribution >= 4 is 22.9 Å². The molecular weight excluding hydrogens is 648 g/mol. The Morgan fingerprint density at radius 3 is 2.19 bits per heavy atom. The maximum Gasteiger partial charge on any atom is 0.317 e. The molecule has 2 aliphatic heterocycles. The molecule has 0 aliphatic carbocycles. The zero-order chi connectivity index (χ0) is 35.0. The number of benzene rings is 2. The van der Waals surface area contributed by atoms with E-state index in [-0.39, 0.29) is 22.7 Å². The lowest BCUT2D eigenvalue weighted by atomic mass is 9.97. The molecule has 0 bridgehead atoms. The normalized spacial score (nSPS) is 30.5. The van der Waals surface area contributed by atoms with Gasteiger partial charge in [0.2, 0.25) is 17.5 Å². The molecule has 2 aliphatic rings. The van der Waals surface area contributed by atoms with Crippen LogP contribution >= 0.6 is 0 Å². The number of aliphatic hydroxyl groups excluding tert-OH is 5. The van der Waals surface area contributed by atoms with E-state index in [4.69, 9.17) is 33.2 Å². The fourth-order valence-electron chi connectivity index (χ4n) is 5.21. The first-order chi connectivity index (χ1) is 22.7. The molecule has 3 aromatic rings. The summed E-state index contributed by atoms with van der Waals surface area (Å²) in [5.74, 6) is -5.08. The number of ether oxygens (including phenoxy) is 5. The predicted molar refractivity (Wildman–Crippen MR) is 155 cm³/mol. The average molecular weight is 681 g/mol. The molecule has 3 heterocycles. The molecule has 1 aromatic heterocycles. The van der Waals surface area contributed by atoms with Gasteiger partial charge in [-0.3, -0.25) is 14.4 Å². The molecule has 18 nitrogen and oxygen atoms in total. The molecule has 0 amide bonds. The molecule has 5 rings (SSSR count). The molecule has 2 aromatic carbocycles. The number of phenolic OH excluding ortho intramolecular Hbond substituents is 3. The van der Waals surface area contributed by atoms with Gasteiger partial charge in [0.25, 0.3) is 0 Å². The molecule has 2 saturated heterocycles. The highest BCUT2D eigenvalue weighted by molar-refractivity contribution is 5.90. The van der Waals surface area contributed by atoms with E-state index in [2.05, 4.69) is 0 Å². The van der Waals surface area contributed by atoms with E-state index in [1.54, 1.807) is 0 Å². The number of aliphatic carboxylic acids is 1. The summed E-state index contributed by atoms with van der Waals surface area (Å²) in [6, 6.07) is 7.05. The minimum atomic E-state index is -2.03. The number of carboxylic acid groups (broad SMARTS) is 1. The highest BCUT2D eigenvalue weighted by Crippen LogP contribution is 2.38. The molecule has 0 saturated carbocycles. The fraction of sp³-hybridized carbons (Fsp3) is 0.433. The maximum atomic E-state index is 13.9. The average Bonchev–Trinajstić information content (AvgIpc) is 3.02. The van der Waals surface area contributed by atoms with E-state index in [9.17, 15) is 55.2 Å². The Bertz CT molecular complexity index is 1700. The number of fused-ring (bicyclic) bond motifs is 1. The molecule has 0 spiro atoms. The van der Waals surface area contributed by atoms with Crippen molar-refractivity contribution in [3.63, 3.8) is 0 Å². The molecule has 18 heteroatoms. The third kappa shape index (κ3) is 7.00. The second-order valence-electron chi connectivity index (χ2n) is 11.2. The van der Waals surface area contributed by atoms with Crippen LogP contribution in [0.25, 0.3) is 22.3 Å². The van der Waals surface area contributed by atoms with E-state index in [0.29, 0.717) is 0 Å². The van der Waals surface area contributed by atoms with Crippen LogP contribution in [-0.2, 0) is 28.5 Å². The minimum absolute atomic E-state index is 0.120. The summed E-state index contributed by atoms with van der Waals surface area (Å²) < 4.78 is 33.6. The molecule has 0 unspecified atom stereocenters. The van der Waals surface area contributed by atoms with E-state index < -0.39 is 114 Å². The highest BCUT2D eigenvalue weighted by Gasteiger charge is 2.51. The number of phenols is 3. The van der Waals surface area contributed by atoms with Gasteiger partial charge in [-0.25, -0.2) is 0 Å². The SMILES string of the molecule is C[C@@H]1O[C@H](O[C@@H]2[C@@H](Oc3c(-c4ccc(O)cc4)oc4cc(O)cc(O)c4c3=O)O[C@@H](COC(=O)CC(=O)O)[C@H](O)[C@H]2O)[C@@H](O)[C@H](O)[C@H]1O. The Kier molecular flexibility index (Phi) is 10.1. The number of esters is 1. The summed E-state index contributed by atoms with van der Waals surface area (Å²) in [6.07, 6.45) is -18.6.